The van der Waals surface area contributed by atoms with E-state index in [4.69, 9.17) is 0 Å². The van der Waals surface area contributed by atoms with Crippen molar-refractivity contribution in [1.82, 2.24) is 0 Å². The van der Waals surface area contributed by atoms with Crippen molar-refractivity contribution < 1.29 is 9.18 Å². The average Bonchev–Trinajstić information content (AvgIpc) is 2.28. The van der Waals surface area contributed by atoms with Gasteiger partial charge >= 0.3 is 0 Å². The quantitative estimate of drug-likeness (QED) is 0.788. The fraction of sp³-hybridized carbons (Fsp3) is 0.500. The number of Topliss-reactive ketones (excluding diaryl/α,β-unsaturated/α-hetero) is 1. The Morgan fingerprint density at radius 2 is 1.89 bits per heavy atom. The minimum atomic E-state index is -0.198. The number of nitrogens with zero attached hydrogens (tertiary/aromatic N) is 1. The molecule has 1 aromatic rings. The van der Waals surface area contributed by atoms with Gasteiger partial charge < -0.3 is 4.90 Å². The highest BCUT2D eigenvalue weighted by atomic mass is 79.9. The number of carbonyl (C=O) groups excluding carboxylic acids is 1. The maximum Gasteiger partial charge on any atom is 0.147 e. The van der Waals surface area contributed by atoms with E-state index in [0.717, 1.165) is 23.7 Å². The van der Waals surface area contributed by atoms with Crippen LogP contribution in [0.5, 0.6) is 0 Å². The first-order chi connectivity index (χ1) is 8.65. The molecule has 0 spiro atoms. The molecule has 18 heavy (non-hydrogen) atoms. The number of carbonyl (C=O) groups is 1. The first kappa shape index (κ1) is 12.2. The van der Waals surface area contributed by atoms with Gasteiger partial charge in [-0.15, -0.1) is 0 Å². The van der Waals surface area contributed by atoms with Gasteiger partial charge in [-0.3, -0.25) is 4.79 Å². The van der Waals surface area contributed by atoms with Gasteiger partial charge in [0.25, 0.3) is 0 Å². The fourth-order valence-electron chi connectivity index (χ4n) is 3.26. The summed E-state index contributed by atoms with van der Waals surface area (Å²) in [7, 11) is 0. The molecule has 3 rings (SSSR count). The summed E-state index contributed by atoms with van der Waals surface area (Å²) in [5.74, 6) is 0.133. The topological polar surface area (TPSA) is 20.3 Å². The molecule has 2 aliphatic rings. The van der Waals surface area contributed by atoms with E-state index >= 15 is 0 Å². The lowest BCUT2D eigenvalue weighted by Crippen LogP contribution is -2.52. The molecule has 2 bridgehead atoms. The van der Waals surface area contributed by atoms with Gasteiger partial charge in [0.15, 0.2) is 0 Å². The van der Waals surface area contributed by atoms with E-state index in [0.29, 0.717) is 24.3 Å². The molecule has 2 unspecified atom stereocenters. The Hall–Kier alpha value is -0.900. The van der Waals surface area contributed by atoms with Gasteiger partial charge in [-0.1, -0.05) is 15.9 Å². The zero-order valence-corrected chi connectivity index (χ0v) is 11.6. The summed E-state index contributed by atoms with van der Waals surface area (Å²) in [5, 5.41) is 0. The van der Waals surface area contributed by atoms with Crippen LogP contribution in [0.1, 0.15) is 32.1 Å². The summed E-state index contributed by atoms with van der Waals surface area (Å²) in [6.45, 7) is 0. The predicted molar refractivity (Wildman–Crippen MR) is 72.2 cm³/mol. The molecule has 2 fully saturated rings. The van der Waals surface area contributed by atoms with Gasteiger partial charge in [-0.05, 0) is 37.5 Å². The Bertz CT molecular complexity index is 475. The van der Waals surface area contributed by atoms with Crippen LogP contribution in [-0.2, 0) is 4.79 Å². The number of benzene rings is 1. The van der Waals surface area contributed by atoms with Crippen LogP contribution in [0.2, 0.25) is 0 Å². The lowest BCUT2D eigenvalue weighted by Gasteiger charge is -2.47. The third kappa shape index (κ3) is 2.07. The van der Waals surface area contributed by atoms with E-state index in [1.165, 1.54) is 6.07 Å². The Morgan fingerprint density at radius 1 is 1.22 bits per heavy atom. The number of hydrogen-bond acceptors (Lipinski definition) is 2. The molecule has 4 heteroatoms. The minimum Gasteiger partial charge on any atom is -0.362 e. The summed E-state index contributed by atoms with van der Waals surface area (Å²) < 4.78 is 14.8. The lowest BCUT2D eigenvalue weighted by atomic mass is 9.83. The van der Waals surface area contributed by atoms with Crippen LogP contribution in [0.4, 0.5) is 10.1 Å². The molecule has 0 amide bonds. The number of anilines is 1. The lowest BCUT2D eigenvalue weighted by molar-refractivity contribution is -0.121. The molecule has 0 saturated carbocycles. The third-order valence-corrected chi connectivity index (χ3v) is 4.47. The van der Waals surface area contributed by atoms with Crippen LogP contribution in [-0.4, -0.2) is 17.9 Å². The Labute approximate surface area is 114 Å². The number of piperidine rings is 2. The van der Waals surface area contributed by atoms with Crippen molar-refractivity contribution in [3.05, 3.63) is 28.5 Å². The zero-order chi connectivity index (χ0) is 12.7. The van der Waals surface area contributed by atoms with Crippen LogP contribution >= 0.6 is 15.9 Å². The Kier molecular flexibility index (Phi) is 3.14. The average molecular weight is 312 g/mol. The van der Waals surface area contributed by atoms with E-state index in [1.807, 2.05) is 12.1 Å². The number of halogens is 2. The first-order valence-corrected chi connectivity index (χ1v) is 7.19. The summed E-state index contributed by atoms with van der Waals surface area (Å²) >= 11 is 3.28. The summed E-state index contributed by atoms with van der Waals surface area (Å²) in [6.07, 6.45) is 4.30. The fourth-order valence-corrected chi connectivity index (χ4v) is 3.59. The van der Waals surface area contributed by atoms with Crippen LogP contribution in [0.3, 0.4) is 0 Å². The third-order valence-electron chi connectivity index (χ3n) is 3.98. The van der Waals surface area contributed by atoms with Gasteiger partial charge in [0.1, 0.15) is 11.6 Å². The minimum absolute atomic E-state index is 0.195. The zero-order valence-electron chi connectivity index (χ0n) is 10.0. The predicted octanol–water partition coefficient (Wildman–Crippen LogP) is 3.68. The Balaban J connectivity index is 1.97. The number of ketones is 1. The van der Waals surface area contributed by atoms with Crippen molar-refractivity contribution in [2.45, 2.75) is 44.2 Å². The standard InChI is InChI=1S/C14H15BrFNO/c15-9-4-5-14(13(16)6-9)17-10-2-1-3-11(17)8-12(18)7-10/h4-6,10-11H,1-3,7-8H2. The molecule has 0 aromatic heterocycles. The van der Waals surface area contributed by atoms with Gasteiger partial charge in [-0.2, -0.15) is 0 Å². The van der Waals surface area contributed by atoms with Crippen LogP contribution < -0.4 is 4.90 Å². The van der Waals surface area contributed by atoms with Crippen molar-refractivity contribution in [3.63, 3.8) is 0 Å². The maximum absolute atomic E-state index is 14.1. The normalized spacial score (nSPS) is 27.4. The molecule has 2 atom stereocenters. The van der Waals surface area contributed by atoms with Gasteiger partial charge in [0.05, 0.1) is 5.69 Å². The van der Waals surface area contributed by atoms with Crippen molar-refractivity contribution in [1.29, 1.82) is 0 Å². The number of fused-ring (bicyclic) bond motifs is 2. The van der Waals surface area contributed by atoms with Crippen molar-refractivity contribution in [2.75, 3.05) is 4.90 Å². The SMILES string of the molecule is O=C1CC2CCCC(C1)N2c1ccc(Br)cc1F. The molecule has 2 aliphatic heterocycles. The summed E-state index contributed by atoms with van der Waals surface area (Å²) in [4.78, 5) is 13.8. The van der Waals surface area contributed by atoms with Gasteiger partial charge in [0.2, 0.25) is 0 Å². The highest BCUT2D eigenvalue weighted by Gasteiger charge is 2.38. The van der Waals surface area contributed by atoms with E-state index in [2.05, 4.69) is 20.8 Å². The second-order valence-corrected chi connectivity index (χ2v) is 6.10. The van der Waals surface area contributed by atoms with Crippen LogP contribution in [0.15, 0.2) is 22.7 Å². The van der Waals surface area contributed by atoms with E-state index in [1.54, 1.807) is 0 Å². The number of hydrogen-bond donors (Lipinski definition) is 0. The molecular formula is C14H15BrFNO. The molecule has 0 radical (unpaired) electrons. The van der Waals surface area contributed by atoms with Gasteiger partial charge in [0, 0.05) is 29.4 Å². The highest BCUT2D eigenvalue weighted by molar-refractivity contribution is 9.10. The van der Waals surface area contributed by atoms with E-state index in [9.17, 15) is 9.18 Å². The molecule has 2 heterocycles. The smallest absolute Gasteiger partial charge is 0.147 e. The van der Waals surface area contributed by atoms with Crippen LogP contribution in [0, 0.1) is 5.82 Å². The molecular weight excluding hydrogens is 297 g/mol. The molecule has 96 valence electrons. The van der Waals surface area contributed by atoms with Crippen molar-refractivity contribution >= 4 is 27.4 Å². The van der Waals surface area contributed by atoms with Crippen LogP contribution in [0.25, 0.3) is 0 Å². The molecule has 2 saturated heterocycles. The monoisotopic (exact) mass is 311 g/mol. The second-order valence-electron chi connectivity index (χ2n) is 5.19. The van der Waals surface area contributed by atoms with E-state index in [-0.39, 0.29) is 17.9 Å². The second kappa shape index (κ2) is 4.65. The largest absolute Gasteiger partial charge is 0.362 e. The van der Waals surface area contributed by atoms with Crippen molar-refractivity contribution in [2.24, 2.45) is 0 Å². The molecule has 1 aromatic carbocycles. The van der Waals surface area contributed by atoms with E-state index < -0.39 is 0 Å². The molecule has 0 N–H and O–H groups in total. The summed E-state index contributed by atoms with van der Waals surface area (Å²) in [6, 6.07) is 5.58. The first-order valence-electron chi connectivity index (χ1n) is 6.40. The maximum atomic E-state index is 14.1. The van der Waals surface area contributed by atoms with Gasteiger partial charge in [-0.25, -0.2) is 4.39 Å². The number of rotatable bonds is 1. The Morgan fingerprint density at radius 3 is 2.50 bits per heavy atom. The van der Waals surface area contributed by atoms with Crippen molar-refractivity contribution in [3.8, 4) is 0 Å². The molecule has 2 nitrogen and oxygen atoms in total. The summed E-state index contributed by atoms with van der Waals surface area (Å²) in [5.41, 5.74) is 0.653. The molecule has 0 aliphatic carbocycles. The highest BCUT2D eigenvalue weighted by Crippen LogP contribution is 2.38.